The van der Waals surface area contributed by atoms with Crippen molar-refractivity contribution in [2.24, 2.45) is 0 Å². The summed E-state index contributed by atoms with van der Waals surface area (Å²) in [5.74, 6) is -0.0429. The Balaban J connectivity index is 1.71. The van der Waals surface area contributed by atoms with Crippen LogP contribution in [-0.4, -0.2) is 22.4 Å². The summed E-state index contributed by atoms with van der Waals surface area (Å²) in [5, 5.41) is 4.38. The van der Waals surface area contributed by atoms with Crippen LogP contribution in [0.15, 0.2) is 61.1 Å². The molecule has 1 amide bonds. The van der Waals surface area contributed by atoms with Crippen LogP contribution in [0.4, 0.5) is 0 Å². The third-order valence-electron chi connectivity index (χ3n) is 5.01. The second-order valence-electron chi connectivity index (χ2n) is 6.93. The van der Waals surface area contributed by atoms with Crippen molar-refractivity contribution in [2.45, 2.75) is 31.6 Å². The van der Waals surface area contributed by atoms with Gasteiger partial charge in [0.25, 0.3) is 0 Å². The van der Waals surface area contributed by atoms with Gasteiger partial charge in [-0.15, -0.1) is 0 Å². The molecule has 3 rings (SSSR count). The number of H-pyrrole nitrogens is 1. The molecule has 0 saturated heterocycles. The van der Waals surface area contributed by atoms with E-state index >= 15 is 0 Å². The highest BCUT2D eigenvalue weighted by Crippen LogP contribution is 2.33. The summed E-state index contributed by atoms with van der Waals surface area (Å²) in [6.45, 7) is 2.54. The van der Waals surface area contributed by atoms with Gasteiger partial charge in [-0.3, -0.25) is 4.79 Å². The first-order chi connectivity index (χ1) is 13.5. The highest BCUT2D eigenvalue weighted by atomic mass is 35.5. The maximum Gasteiger partial charge on any atom is 0.234 e. The fourth-order valence-corrected chi connectivity index (χ4v) is 3.49. The molecule has 28 heavy (non-hydrogen) atoms. The van der Waals surface area contributed by atoms with Crippen molar-refractivity contribution in [1.82, 2.24) is 15.3 Å². The van der Waals surface area contributed by atoms with Gasteiger partial charge in [0, 0.05) is 28.5 Å². The Morgan fingerprint density at radius 2 is 1.57 bits per heavy atom. The number of hydrogen-bond donors (Lipinski definition) is 2. The molecule has 2 N–H and O–H groups in total. The number of hydrogen-bond acceptors (Lipinski definition) is 2. The molecule has 0 unspecified atom stereocenters. The maximum absolute atomic E-state index is 13.2. The molecule has 0 saturated carbocycles. The van der Waals surface area contributed by atoms with Crippen LogP contribution in [0.1, 0.15) is 36.6 Å². The predicted octanol–water partition coefficient (Wildman–Crippen LogP) is 5.16. The quantitative estimate of drug-likeness (QED) is 0.499. The SMILES string of the molecule is CC(C(=O)NCCCCc1cnc[nH]1)(c1ccc(Cl)cc1)c1ccc(Cl)cc1. The number of aromatic amines is 1. The highest BCUT2D eigenvalue weighted by Gasteiger charge is 2.36. The smallest absolute Gasteiger partial charge is 0.234 e. The van der Waals surface area contributed by atoms with E-state index in [2.05, 4.69) is 15.3 Å². The average Bonchev–Trinajstić information content (AvgIpc) is 3.21. The van der Waals surface area contributed by atoms with Gasteiger partial charge in [-0.2, -0.15) is 0 Å². The van der Waals surface area contributed by atoms with Crippen molar-refractivity contribution in [2.75, 3.05) is 6.54 Å². The molecule has 0 radical (unpaired) electrons. The fourth-order valence-electron chi connectivity index (χ4n) is 3.24. The van der Waals surface area contributed by atoms with E-state index in [9.17, 15) is 4.79 Å². The number of carbonyl (C=O) groups excluding carboxylic acids is 1. The van der Waals surface area contributed by atoms with Gasteiger partial charge in [0.2, 0.25) is 5.91 Å². The molecule has 146 valence electrons. The molecule has 4 nitrogen and oxygen atoms in total. The third kappa shape index (κ3) is 4.75. The van der Waals surface area contributed by atoms with Crippen LogP contribution in [0.25, 0.3) is 0 Å². The van der Waals surface area contributed by atoms with Crippen LogP contribution in [0.3, 0.4) is 0 Å². The minimum absolute atomic E-state index is 0.0429. The Morgan fingerprint density at radius 3 is 2.07 bits per heavy atom. The van der Waals surface area contributed by atoms with Crippen LogP contribution in [0, 0.1) is 0 Å². The molecule has 0 aliphatic heterocycles. The lowest BCUT2D eigenvalue weighted by atomic mass is 9.75. The van der Waals surface area contributed by atoms with Crippen LogP contribution in [-0.2, 0) is 16.6 Å². The molecular weight excluding hydrogens is 393 g/mol. The molecule has 0 bridgehead atoms. The number of carbonyl (C=O) groups is 1. The van der Waals surface area contributed by atoms with Gasteiger partial charge in [0.1, 0.15) is 0 Å². The van der Waals surface area contributed by atoms with Crippen LogP contribution in [0.2, 0.25) is 10.0 Å². The van der Waals surface area contributed by atoms with Gasteiger partial charge in [-0.1, -0.05) is 47.5 Å². The number of imidazole rings is 1. The summed E-state index contributed by atoms with van der Waals surface area (Å²) >= 11 is 12.1. The first-order valence-electron chi connectivity index (χ1n) is 9.28. The number of rotatable bonds is 8. The lowest BCUT2D eigenvalue weighted by Gasteiger charge is -2.30. The molecule has 0 aliphatic carbocycles. The number of nitrogens with zero attached hydrogens (tertiary/aromatic N) is 1. The van der Waals surface area contributed by atoms with Crippen molar-refractivity contribution in [3.05, 3.63) is 87.9 Å². The number of benzene rings is 2. The average molecular weight is 416 g/mol. The zero-order valence-corrected chi connectivity index (χ0v) is 17.2. The van der Waals surface area contributed by atoms with E-state index in [0.29, 0.717) is 16.6 Å². The van der Waals surface area contributed by atoms with Gasteiger partial charge in [-0.25, -0.2) is 4.98 Å². The van der Waals surface area contributed by atoms with Crippen LogP contribution in [0.5, 0.6) is 0 Å². The molecule has 6 heteroatoms. The molecule has 0 spiro atoms. The number of nitrogens with one attached hydrogen (secondary N) is 2. The molecule has 0 aliphatic rings. The van der Waals surface area contributed by atoms with Crippen molar-refractivity contribution < 1.29 is 4.79 Å². The number of amides is 1. The van der Waals surface area contributed by atoms with Crippen molar-refractivity contribution in [3.63, 3.8) is 0 Å². The summed E-state index contributed by atoms with van der Waals surface area (Å²) in [6, 6.07) is 14.8. The van der Waals surface area contributed by atoms with Gasteiger partial charge in [0.05, 0.1) is 11.7 Å². The van der Waals surface area contributed by atoms with Crippen LogP contribution >= 0.6 is 23.2 Å². The van der Waals surface area contributed by atoms with Crippen molar-refractivity contribution in [1.29, 1.82) is 0 Å². The minimum atomic E-state index is -0.835. The van der Waals surface area contributed by atoms with E-state index in [1.807, 2.05) is 61.7 Å². The molecular formula is C22H23Cl2N3O. The first kappa shape index (κ1) is 20.4. The zero-order valence-electron chi connectivity index (χ0n) is 15.7. The van der Waals surface area contributed by atoms with Crippen molar-refractivity contribution >= 4 is 29.1 Å². The summed E-state index contributed by atoms with van der Waals surface area (Å²) in [4.78, 5) is 20.3. The molecule has 3 aromatic rings. The van der Waals surface area contributed by atoms with Gasteiger partial charge < -0.3 is 10.3 Å². The van der Waals surface area contributed by atoms with E-state index in [4.69, 9.17) is 23.2 Å². The number of aromatic nitrogens is 2. The summed E-state index contributed by atoms with van der Waals surface area (Å²) in [5.41, 5.74) is 2.04. The molecule has 0 fully saturated rings. The van der Waals surface area contributed by atoms with E-state index < -0.39 is 5.41 Å². The number of halogens is 2. The van der Waals surface area contributed by atoms with E-state index in [1.54, 1.807) is 6.33 Å². The Kier molecular flexibility index (Phi) is 6.76. The normalized spacial score (nSPS) is 11.4. The second-order valence-corrected chi connectivity index (χ2v) is 7.80. The van der Waals surface area contributed by atoms with Crippen molar-refractivity contribution in [3.8, 4) is 0 Å². The standard InChI is InChI=1S/C22H23Cl2N3O/c1-22(16-5-9-18(23)10-6-16,17-7-11-19(24)12-8-17)21(28)26-13-3-2-4-20-14-25-15-27-20/h5-12,14-15H,2-4,13H2,1H3,(H,25,27)(H,26,28). The lowest BCUT2D eigenvalue weighted by molar-refractivity contribution is -0.124. The molecule has 1 heterocycles. The number of unbranched alkanes of at least 4 members (excludes halogenated alkanes) is 1. The Labute approximate surface area is 175 Å². The highest BCUT2D eigenvalue weighted by molar-refractivity contribution is 6.30. The summed E-state index contributed by atoms with van der Waals surface area (Å²) in [7, 11) is 0. The molecule has 0 atom stereocenters. The fraction of sp³-hybridized carbons (Fsp3) is 0.273. The van der Waals surface area contributed by atoms with E-state index in [-0.39, 0.29) is 5.91 Å². The molecule has 2 aromatic carbocycles. The zero-order chi connectivity index (χ0) is 20.0. The largest absolute Gasteiger partial charge is 0.355 e. The van der Waals surface area contributed by atoms with Gasteiger partial charge in [0.15, 0.2) is 0 Å². The monoisotopic (exact) mass is 415 g/mol. The number of aryl methyl sites for hydroxylation is 1. The predicted molar refractivity (Wildman–Crippen MR) is 114 cm³/mol. The van der Waals surface area contributed by atoms with E-state index in [1.165, 1.54) is 0 Å². The first-order valence-corrected chi connectivity index (χ1v) is 10.0. The van der Waals surface area contributed by atoms with E-state index in [0.717, 1.165) is 36.1 Å². The Morgan fingerprint density at radius 1 is 1.00 bits per heavy atom. The topological polar surface area (TPSA) is 57.8 Å². The Hall–Kier alpha value is -2.30. The molecule has 1 aromatic heterocycles. The Bertz CT molecular complexity index is 845. The summed E-state index contributed by atoms with van der Waals surface area (Å²) < 4.78 is 0. The van der Waals surface area contributed by atoms with Gasteiger partial charge in [-0.05, 0) is 61.6 Å². The second kappa shape index (κ2) is 9.26. The third-order valence-corrected chi connectivity index (χ3v) is 5.51. The summed E-state index contributed by atoms with van der Waals surface area (Å²) in [6.07, 6.45) is 6.29. The minimum Gasteiger partial charge on any atom is -0.355 e. The van der Waals surface area contributed by atoms with Gasteiger partial charge >= 0.3 is 0 Å². The lowest BCUT2D eigenvalue weighted by Crippen LogP contribution is -2.43. The maximum atomic E-state index is 13.2. The van der Waals surface area contributed by atoms with Crippen LogP contribution < -0.4 is 5.32 Å².